The van der Waals surface area contributed by atoms with Crippen molar-refractivity contribution in [1.82, 2.24) is 9.55 Å². The predicted molar refractivity (Wildman–Crippen MR) is 78.5 cm³/mol. The fourth-order valence-corrected chi connectivity index (χ4v) is 2.19. The van der Waals surface area contributed by atoms with Crippen LogP contribution in [0.1, 0.15) is 43.7 Å². The number of hydrogen-bond acceptors (Lipinski definition) is 2. The molecule has 1 aromatic carbocycles. The summed E-state index contributed by atoms with van der Waals surface area (Å²) in [4.78, 5) is 4.39. The smallest absolute Gasteiger partial charge is 0.203 e. The van der Waals surface area contributed by atoms with Gasteiger partial charge >= 0.3 is 0 Å². The summed E-state index contributed by atoms with van der Waals surface area (Å²) in [6, 6.07) is 9.53. The lowest BCUT2D eigenvalue weighted by molar-refractivity contribution is 0.793. The molecule has 3 nitrogen and oxygen atoms in total. The van der Waals surface area contributed by atoms with E-state index in [1.807, 2.05) is 12.4 Å². The quantitative estimate of drug-likeness (QED) is 0.884. The van der Waals surface area contributed by atoms with Crippen LogP contribution in [0.2, 0.25) is 0 Å². The molecule has 0 spiro atoms. The van der Waals surface area contributed by atoms with Crippen molar-refractivity contribution in [3.8, 4) is 0 Å². The maximum absolute atomic E-state index is 4.39. The Hall–Kier alpha value is -1.77. The second-order valence-corrected chi connectivity index (χ2v) is 5.69. The van der Waals surface area contributed by atoms with E-state index in [1.165, 1.54) is 24.0 Å². The van der Waals surface area contributed by atoms with E-state index in [4.69, 9.17) is 0 Å². The van der Waals surface area contributed by atoms with Gasteiger partial charge in [-0.3, -0.25) is 0 Å². The molecule has 0 atom stereocenters. The number of hydrogen-bond donors (Lipinski definition) is 1. The van der Waals surface area contributed by atoms with Gasteiger partial charge in [0.15, 0.2) is 0 Å². The molecule has 0 unspecified atom stereocenters. The van der Waals surface area contributed by atoms with Gasteiger partial charge in [-0.25, -0.2) is 4.98 Å². The Morgan fingerprint density at radius 1 is 1.26 bits per heavy atom. The minimum atomic E-state index is 0.592. The summed E-state index contributed by atoms with van der Waals surface area (Å²) in [5.74, 6) is 1.59. The Morgan fingerprint density at radius 2 is 2.00 bits per heavy atom. The Kier molecular flexibility index (Phi) is 3.28. The van der Waals surface area contributed by atoms with Crippen molar-refractivity contribution in [3.63, 3.8) is 0 Å². The van der Waals surface area contributed by atoms with E-state index in [0.29, 0.717) is 12.0 Å². The van der Waals surface area contributed by atoms with Crippen LogP contribution in [0.15, 0.2) is 36.7 Å². The lowest BCUT2D eigenvalue weighted by Gasteiger charge is -2.10. The van der Waals surface area contributed by atoms with Crippen molar-refractivity contribution in [2.45, 2.75) is 45.2 Å². The van der Waals surface area contributed by atoms with E-state index in [9.17, 15) is 0 Å². The van der Waals surface area contributed by atoms with Crippen molar-refractivity contribution in [3.05, 3.63) is 47.8 Å². The minimum absolute atomic E-state index is 0.592. The van der Waals surface area contributed by atoms with Gasteiger partial charge in [-0.1, -0.05) is 38.1 Å². The van der Waals surface area contributed by atoms with Crippen LogP contribution in [-0.2, 0) is 6.54 Å². The average Bonchev–Trinajstić information content (AvgIpc) is 3.11. The number of benzene rings is 1. The van der Waals surface area contributed by atoms with E-state index < -0.39 is 0 Å². The van der Waals surface area contributed by atoms with E-state index in [-0.39, 0.29) is 0 Å². The molecule has 0 saturated heterocycles. The van der Waals surface area contributed by atoms with E-state index in [1.54, 1.807) is 0 Å². The predicted octanol–water partition coefficient (Wildman–Crippen LogP) is 3.63. The zero-order chi connectivity index (χ0) is 13.2. The molecule has 3 heteroatoms. The number of nitrogens with one attached hydrogen (secondary N) is 1. The maximum Gasteiger partial charge on any atom is 0.203 e. The standard InChI is InChI=1S/C16H21N3/c1-12(2)14-5-3-13(4-6-14)11-19-10-9-17-16(19)18-15-7-8-15/h3-6,9-10,12,15H,7-8,11H2,1-2H3,(H,17,18). The van der Waals surface area contributed by atoms with Crippen LogP contribution in [0.3, 0.4) is 0 Å². The van der Waals surface area contributed by atoms with Gasteiger partial charge in [-0.15, -0.1) is 0 Å². The van der Waals surface area contributed by atoms with Crippen LogP contribution in [0, 0.1) is 0 Å². The summed E-state index contributed by atoms with van der Waals surface area (Å²) in [5, 5.41) is 3.47. The fraction of sp³-hybridized carbons (Fsp3) is 0.438. The molecule has 1 saturated carbocycles. The summed E-state index contributed by atoms with van der Waals surface area (Å²) in [6.07, 6.45) is 6.46. The third kappa shape index (κ3) is 2.98. The van der Waals surface area contributed by atoms with Gasteiger partial charge in [-0.05, 0) is 29.9 Å². The molecule has 3 rings (SSSR count). The highest BCUT2D eigenvalue weighted by atomic mass is 15.2. The first-order valence-electron chi connectivity index (χ1n) is 7.09. The van der Waals surface area contributed by atoms with Gasteiger partial charge in [0.25, 0.3) is 0 Å². The maximum atomic E-state index is 4.39. The van der Waals surface area contributed by atoms with Crippen molar-refractivity contribution >= 4 is 5.95 Å². The molecule has 0 amide bonds. The Morgan fingerprint density at radius 3 is 2.63 bits per heavy atom. The molecule has 1 heterocycles. The monoisotopic (exact) mass is 255 g/mol. The molecule has 100 valence electrons. The molecule has 1 N–H and O–H groups in total. The van der Waals surface area contributed by atoms with Gasteiger partial charge in [0.05, 0.1) is 6.54 Å². The van der Waals surface area contributed by atoms with Crippen molar-refractivity contribution < 1.29 is 0 Å². The van der Waals surface area contributed by atoms with Crippen molar-refractivity contribution in [2.75, 3.05) is 5.32 Å². The second-order valence-electron chi connectivity index (χ2n) is 5.69. The summed E-state index contributed by atoms with van der Waals surface area (Å²) in [6.45, 7) is 5.33. The second kappa shape index (κ2) is 5.08. The third-order valence-corrected chi connectivity index (χ3v) is 3.63. The lowest BCUT2D eigenvalue weighted by Crippen LogP contribution is -2.09. The molecular formula is C16H21N3. The van der Waals surface area contributed by atoms with E-state index in [0.717, 1.165) is 12.5 Å². The minimum Gasteiger partial charge on any atom is -0.353 e. The molecular weight excluding hydrogens is 234 g/mol. The highest BCUT2D eigenvalue weighted by Gasteiger charge is 2.22. The number of nitrogens with zero attached hydrogens (tertiary/aromatic N) is 2. The molecule has 0 radical (unpaired) electrons. The number of imidazole rings is 1. The Balaban J connectivity index is 1.71. The number of aromatic nitrogens is 2. The summed E-state index contributed by atoms with van der Waals surface area (Å²) < 4.78 is 2.18. The molecule has 19 heavy (non-hydrogen) atoms. The molecule has 0 bridgehead atoms. The van der Waals surface area contributed by atoms with Crippen LogP contribution in [-0.4, -0.2) is 15.6 Å². The van der Waals surface area contributed by atoms with Gasteiger partial charge in [0, 0.05) is 18.4 Å². The molecule has 1 aliphatic rings. The highest BCUT2D eigenvalue weighted by molar-refractivity contribution is 5.32. The largest absolute Gasteiger partial charge is 0.353 e. The lowest BCUT2D eigenvalue weighted by atomic mass is 10.0. The molecule has 0 aliphatic heterocycles. The third-order valence-electron chi connectivity index (χ3n) is 3.63. The van der Waals surface area contributed by atoms with Crippen LogP contribution in [0.25, 0.3) is 0 Å². The van der Waals surface area contributed by atoms with Gasteiger partial charge in [0.1, 0.15) is 0 Å². The van der Waals surface area contributed by atoms with Gasteiger partial charge < -0.3 is 9.88 Å². The van der Waals surface area contributed by atoms with E-state index >= 15 is 0 Å². The fourth-order valence-electron chi connectivity index (χ4n) is 2.19. The van der Waals surface area contributed by atoms with Crippen LogP contribution < -0.4 is 5.32 Å². The van der Waals surface area contributed by atoms with Crippen molar-refractivity contribution in [2.24, 2.45) is 0 Å². The normalized spacial score (nSPS) is 14.9. The number of rotatable bonds is 5. The average molecular weight is 255 g/mol. The zero-order valence-electron chi connectivity index (χ0n) is 11.6. The first kappa shape index (κ1) is 12.3. The van der Waals surface area contributed by atoms with Crippen LogP contribution >= 0.6 is 0 Å². The van der Waals surface area contributed by atoms with E-state index in [2.05, 4.69) is 53.0 Å². The SMILES string of the molecule is CC(C)c1ccc(Cn2ccnc2NC2CC2)cc1. The van der Waals surface area contributed by atoms with Crippen LogP contribution in [0.4, 0.5) is 5.95 Å². The van der Waals surface area contributed by atoms with Gasteiger partial charge in [0.2, 0.25) is 5.95 Å². The topological polar surface area (TPSA) is 29.9 Å². The molecule has 1 aliphatic carbocycles. The first-order chi connectivity index (χ1) is 9.22. The first-order valence-corrected chi connectivity index (χ1v) is 7.09. The Bertz CT molecular complexity index is 535. The summed E-state index contributed by atoms with van der Waals surface area (Å²) in [7, 11) is 0. The molecule has 1 aromatic heterocycles. The summed E-state index contributed by atoms with van der Waals surface area (Å²) >= 11 is 0. The zero-order valence-corrected chi connectivity index (χ0v) is 11.6. The van der Waals surface area contributed by atoms with Crippen molar-refractivity contribution in [1.29, 1.82) is 0 Å². The highest BCUT2D eigenvalue weighted by Crippen LogP contribution is 2.24. The Labute approximate surface area is 114 Å². The van der Waals surface area contributed by atoms with Gasteiger partial charge in [-0.2, -0.15) is 0 Å². The molecule has 2 aromatic rings. The summed E-state index contributed by atoms with van der Waals surface area (Å²) in [5.41, 5.74) is 2.71. The van der Waals surface area contributed by atoms with Crippen LogP contribution in [0.5, 0.6) is 0 Å². The number of anilines is 1. The molecule has 1 fully saturated rings.